The number of thiophene rings is 1. The minimum absolute atomic E-state index is 0.0783. The van der Waals surface area contributed by atoms with E-state index in [2.05, 4.69) is 21.3 Å². The number of carbonyl (C=O) groups is 2. The molecule has 0 aromatic carbocycles. The molecule has 0 spiro atoms. The summed E-state index contributed by atoms with van der Waals surface area (Å²) in [5.41, 5.74) is 1.22. The Morgan fingerprint density at radius 1 is 1.47 bits per heavy atom. The van der Waals surface area contributed by atoms with Gasteiger partial charge in [-0.05, 0) is 48.1 Å². The molecule has 1 fully saturated rings. The van der Waals surface area contributed by atoms with Gasteiger partial charge >= 0.3 is 6.03 Å². The second-order valence-corrected chi connectivity index (χ2v) is 5.40. The van der Waals surface area contributed by atoms with E-state index >= 15 is 0 Å². The Balaban J connectivity index is 1.69. The first-order valence-corrected chi connectivity index (χ1v) is 7.53. The number of urea groups is 1. The number of nitrogens with one attached hydrogen (secondary N) is 3. The molecule has 3 N–H and O–H groups in total. The van der Waals surface area contributed by atoms with Gasteiger partial charge in [0.15, 0.2) is 0 Å². The summed E-state index contributed by atoms with van der Waals surface area (Å²) in [5.74, 6) is -0.0783. The molecule has 0 radical (unpaired) electrons. The number of hydrogen-bond acceptors (Lipinski definition) is 3. The summed E-state index contributed by atoms with van der Waals surface area (Å²) >= 11 is 1.65. The van der Waals surface area contributed by atoms with E-state index in [-0.39, 0.29) is 11.9 Å². The molecule has 0 unspecified atom stereocenters. The summed E-state index contributed by atoms with van der Waals surface area (Å²) in [6.07, 6.45) is 3.46. The van der Waals surface area contributed by atoms with Crippen molar-refractivity contribution in [3.05, 3.63) is 22.4 Å². The van der Waals surface area contributed by atoms with Crippen LogP contribution in [0.4, 0.5) is 4.79 Å². The molecular weight excluding hydrogens is 262 g/mol. The van der Waals surface area contributed by atoms with Crippen LogP contribution in [0.2, 0.25) is 0 Å². The van der Waals surface area contributed by atoms with Crippen LogP contribution in [-0.4, -0.2) is 31.1 Å². The first kappa shape index (κ1) is 13.9. The Morgan fingerprint density at radius 3 is 3.16 bits per heavy atom. The largest absolute Gasteiger partial charge is 0.354 e. The minimum Gasteiger partial charge on any atom is -0.354 e. The first-order valence-electron chi connectivity index (χ1n) is 6.59. The molecule has 1 saturated heterocycles. The van der Waals surface area contributed by atoms with E-state index in [1.165, 1.54) is 5.56 Å². The highest BCUT2D eigenvalue weighted by atomic mass is 32.1. The molecule has 2 heterocycles. The van der Waals surface area contributed by atoms with Gasteiger partial charge in [-0.2, -0.15) is 11.3 Å². The van der Waals surface area contributed by atoms with Gasteiger partial charge in [-0.3, -0.25) is 4.79 Å². The van der Waals surface area contributed by atoms with Crippen LogP contribution in [0.3, 0.4) is 0 Å². The predicted octanol–water partition coefficient (Wildman–Crippen LogP) is 1.26. The predicted molar refractivity (Wildman–Crippen MR) is 75.2 cm³/mol. The molecule has 1 aromatic rings. The standard InChI is InChI=1S/C13H19N3O2S/c17-12-11(3-1-2-6-14-12)16-13(18)15-7-4-10-5-8-19-9-10/h5,8-9,11H,1-4,6-7H2,(H,14,17)(H2,15,16,18)/t11-/m1/s1. The zero-order chi connectivity index (χ0) is 13.5. The Bertz CT molecular complexity index is 420. The molecule has 104 valence electrons. The van der Waals surface area contributed by atoms with E-state index in [4.69, 9.17) is 0 Å². The van der Waals surface area contributed by atoms with Crippen molar-refractivity contribution in [3.8, 4) is 0 Å². The van der Waals surface area contributed by atoms with E-state index in [1.807, 2.05) is 11.4 Å². The highest BCUT2D eigenvalue weighted by Crippen LogP contribution is 2.06. The molecule has 5 nitrogen and oxygen atoms in total. The second kappa shape index (κ2) is 7.13. The Labute approximate surface area is 116 Å². The third-order valence-corrected chi connectivity index (χ3v) is 3.85. The van der Waals surface area contributed by atoms with Crippen LogP contribution in [0.15, 0.2) is 16.8 Å². The molecule has 0 saturated carbocycles. The van der Waals surface area contributed by atoms with Gasteiger partial charge in [-0.1, -0.05) is 0 Å². The maximum Gasteiger partial charge on any atom is 0.315 e. The summed E-state index contributed by atoms with van der Waals surface area (Å²) in [4.78, 5) is 23.4. The Morgan fingerprint density at radius 2 is 2.37 bits per heavy atom. The molecule has 0 bridgehead atoms. The molecule has 2 rings (SSSR count). The third-order valence-electron chi connectivity index (χ3n) is 3.12. The molecule has 6 heteroatoms. The summed E-state index contributed by atoms with van der Waals surface area (Å²) in [6, 6.07) is 1.38. The van der Waals surface area contributed by atoms with E-state index in [0.717, 1.165) is 19.3 Å². The average molecular weight is 281 g/mol. The summed E-state index contributed by atoms with van der Waals surface area (Å²) in [5, 5.41) is 12.4. The van der Waals surface area contributed by atoms with Crippen LogP contribution in [-0.2, 0) is 11.2 Å². The topological polar surface area (TPSA) is 70.2 Å². The van der Waals surface area contributed by atoms with Gasteiger partial charge in [-0.15, -0.1) is 0 Å². The fourth-order valence-electron chi connectivity index (χ4n) is 2.04. The van der Waals surface area contributed by atoms with E-state index in [9.17, 15) is 9.59 Å². The molecule has 0 aliphatic carbocycles. The van der Waals surface area contributed by atoms with Crippen molar-refractivity contribution >= 4 is 23.3 Å². The van der Waals surface area contributed by atoms with Crippen molar-refractivity contribution in [3.63, 3.8) is 0 Å². The highest BCUT2D eigenvalue weighted by Gasteiger charge is 2.21. The molecule has 1 aliphatic heterocycles. The fourth-order valence-corrected chi connectivity index (χ4v) is 2.74. The lowest BCUT2D eigenvalue weighted by Gasteiger charge is -2.15. The Kier molecular flexibility index (Phi) is 5.20. The number of carbonyl (C=O) groups excluding carboxylic acids is 2. The van der Waals surface area contributed by atoms with Crippen molar-refractivity contribution in [1.29, 1.82) is 0 Å². The first-order chi connectivity index (χ1) is 9.25. The smallest absolute Gasteiger partial charge is 0.315 e. The summed E-state index contributed by atoms with van der Waals surface area (Å²) in [7, 11) is 0. The van der Waals surface area contributed by atoms with E-state index in [0.29, 0.717) is 19.5 Å². The molecule has 1 atom stereocenters. The molecule has 1 aliphatic rings. The fraction of sp³-hybridized carbons (Fsp3) is 0.538. The maximum atomic E-state index is 11.7. The van der Waals surface area contributed by atoms with Crippen molar-refractivity contribution in [2.75, 3.05) is 13.1 Å². The lowest BCUT2D eigenvalue weighted by molar-refractivity contribution is -0.122. The van der Waals surface area contributed by atoms with Crippen molar-refractivity contribution in [2.45, 2.75) is 31.7 Å². The van der Waals surface area contributed by atoms with Crippen LogP contribution in [0.1, 0.15) is 24.8 Å². The van der Waals surface area contributed by atoms with Gasteiger partial charge in [0.1, 0.15) is 6.04 Å². The van der Waals surface area contributed by atoms with Gasteiger partial charge < -0.3 is 16.0 Å². The van der Waals surface area contributed by atoms with Crippen LogP contribution >= 0.6 is 11.3 Å². The highest BCUT2D eigenvalue weighted by molar-refractivity contribution is 7.07. The maximum absolute atomic E-state index is 11.7. The SMILES string of the molecule is O=C(NCCc1ccsc1)N[C@@H]1CCCCNC1=O. The number of amides is 3. The normalized spacial score (nSPS) is 19.4. The average Bonchev–Trinajstić information content (AvgIpc) is 2.82. The van der Waals surface area contributed by atoms with E-state index in [1.54, 1.807) is 11.3 Å². The lowest BCUT2D eigenvalue weighted by atomic mass is 10.1. The molecule has 3 amide bonds. The second-order valence-electron chi connectivity index (χ2n) is 4.62. The number of rotatable bonds is 4. The third kappa shape index (κ3) is 4.55. The minimum atomic E-state index is -0.399. The van der Waals surface area contributed by atoms with Gasteiger partial charge in [-0.25, -0.2) is 4.79 Å². The Hall–Kier alpha value is -1.56. The number of hydrogen-bond donors (Lipinski definition) is 3. The van der Waals surface area contributed by atoms with Crippen molar-refractivity contribution in [2.24, 2.45) is 0 Å². The molecule has 1 aromatic heterocycles. The summed E-state index contributed by atoms with van der Waals surface area (Å²) in [6.45, 7) is 1.29. The zero-order valence-electron chi connectivity index (χ0n) is 10.8. The van der Waals surface area contributed by atoms with Crippen LogP contribution in [0, 0.1) is 0 Å². The molecular formula is C13H19N3O2S. The lowest BCUT2D eigenvalue weighted by Crippen LogP contribution is -2.49. The van der Waals surface area contributed by atoms with Gasteiger partial charge in [0.05, 0.1) is 0 Å². The van der Waals surface area contributed by atoms with E-state index < -0.39 is 6.04 Å². The van der Waals surface area contributed by atoms with Gasteiger partial charge in [0.2, 0.25) is 5.91 Å². The summed E-state index contributed by atoms with van der Waals surface area (Å²) < 4.78 is 0. The quantitative estimate of drug-likeness (QED) is 0.777. The van der Waals surface area contributed by atoms with Gasteiger partial charge in [0, 0.05) is 13.1 Å². The zero-order valence-corrected chi connectivity index (χ0v) is 11.6. The van der Waals surface area contributed by atoms with Crippen LogP contribution in [0.5, 0.6) is 0 Å². The van der Waals surface area contributed by atoms with Crippen LogP contribution < -0.4 is 16.0 Å². The van der Waals surface area contributed by atoms with Crippen LogP contribution in [0.25, 0.3) is 0 Å². The monoisotopic (exact) mass is 281 g/mol. The van der Waals surface area contributed by atoms with Crippen molar-refractivity contribution in [1.82, 2.24) is 16.0 Å². The molecule has 19 heavy (non-hydrogen) atoms. The van der Waals surface area contributed by atoms with Gasteiger partial charge in [0.25, 0.3) is 0 Å². The van der Waals surface area contributed by atoms with Crippen molar-refractivity contribution < 1.29 is 9.59 Å².